The summed E-state index contributed by atoms with van der Waals surface area (Å²) in [6.45, 7) is 16.3. The summed E-state index contributed by atoms with van der Waals surface area (Å²) in [5, 5.41) is 34.2. The number of hydrogen-bond acceptors (Lipinski definition) is 14. The average Bonchev–Trinajstić information content (AvgIpc) is 3.58. The first kappa shape index (κ1) is 47.9. The molecule has 14 heteroatoms. The lowest BCUT2D eigenvalue weighted by atomic mass is 9.71. The van der Waals surface area contributed by atoms with Gasteiger partial charge in [0, 0.05) is 52.2 Å². The van der Waals surface area contributed by atoms with E-state index in [4.69, 9.17) is 47.4 Å². The van der Waals surface area contributed by atoms with Crippen LogP contribution in [0.5, 0.6) is 0 Å². The van der Waals surface area contributed by atoms with Crippen molar-refractivity contribution in [2.45, 2.75) is 204 Å². The molecule has 1 aliphatic carbocycles. The maximum Gasteiger partial charge on any atom is 0.316 e. The molecular formula is C48H74O14. The standard InChI is InChI=1S/C48H74O14/c1-11-25(2)43-28(5)17-18-47(62-43)23-34-20-33(61-47)16-15-27(4)42(26(3)13-12-14-32-24-55-45-40(49)29(6)19-35(46(51)58-34)48(32,45)52)59-39-22-37(54-10)44(31(8)57-39)60-38-21-36(53-9)41(50)30(7)56-38/h12-15,19,25-26,28,30-31,33-45,49-50,52H,11,16-18,20-24H2,1-10H3/b13-12-,27-15-,32-14-/t25-,26-,28-,30-,31-,33+,34-,35-,36-,37-,38-,39-,40+,41-,42-,43-,44-,45+,47+,48+/m0/s1. The van der Waals surface area contributed by atoms with Crippen molar-refractivity contribution in [1.82, 2.24) is 0 Å². The Morgan fingerprint density at radius 1 is 0.919 bits per heavy atom. The fourth-order valence-corrected chi connectivity index (χ4v) is 11.0. The van der Waals surface area contributed by atoms with Crippen molar-refractivity contribution in [1.29, 1.82) is 0 Å². The van der Waals surface area contributed by atoms with E-state index in [1.165, 1.54) is 0 Å². The lowest BCUT2D eigenvalue weighted by Crippen LogP contribution is -2.58. The van der Waals surface area contributed by atoms with Gasteiger partial charge in [-0.1, -0.05) is 64.5 Å². The Morgan fingerprint density at radius 3 is 2.35 bits per heavy atom. The molecule has 0 aromatic rings. The Labute approximate surface area is 368 Å². The van der Waals surface area contributed by atoms with Gasteiger partial charge in [-0.15, -0.1) is 0 Å². The predicted molar refractivity (Wildman–Crippen MR) is 227 cm³/mol. The van der Waals surface area contributed by atoms with Gasteiger partial charge in [-0.25, -0.2) is 0 Å². The number of ether oxygens (including phenoxy) is 10. The van der Waals surface area contributed by atoms with Crippen molar-refractivity contribution in [2.24, 2.45) is 23.7 Å². The number of allylic oxidation sites excluding steroid dienone is 2. The second-order valence-electron chi connectivity index (χ2n) is 19.4. The number of rotatable bonds is 8. The Balaban J connectivity index is 1.18. The summed E-state index contributed by atoms with van der Waals surface area (Å²) in [5.41, 5.74) is 0.188. The van der Waals surface area contributed by atoms with Gasteiger partial charge < -0.3 is 62.7 Å². The van der Waals surface area contributed by atoms with Crippen LogP contribution < -0.4 is 0 Å². The molecule has 62 heavy (non-hydrogen) atoms. The first-order chi connectivity index (χ1) is 29.5. The van der Waals surface area contributed by atoms with E-state index in [1.807, 2.05) is 19.1 Å². The number of methoxy groups -OCH3 is 2. The molecule has 3 N–H and O–H groups in total. The van der Waals surface area contributed by atoms with E-state index in [0.717, 1.165) is 18.4 Å². The van der Waals surface area contributed by atoms with Crippen LogP contribution in [-0.2, 0) is 52.2 Å². The fourth-order valence-electron chi connectivity index (χ4n) is 11.0. The van der Waals surface area contributed by atoms with Crippen LogP contribution >= 0.6 is 0 Å². The highest BCUT2D eigenvalue weighted by Crippen LogP contribution is 2.48. The largest absolute Gasteiger partial charge is 0.462 e. The first-order valence-corrected chi connectivity index (χ1v) is 23.2. The quantitative estimate of drug-likeness (QED) is 0.204. The molecule has 6 aliphatic heterocycles. The molecule has 0 radical (unpaired) electrons. The molecule has 0 saturated carbocycles. The van der Waals surface area contributed by atoms with Crippen molar-refractivity contribution in [3.8, 4) is 0 Å². The van der Waals surface area contributed by atoms with Crippen LogP contribution in [0.1, 0.15) is 107 Å². The average molecular weight is 875 g/mol. The van der Waals surface area contributed by atoms with E-state index >= 15 is 0 Å². The van der Waals surface area contributed by atoms with E-state index in [0.29, 0.717) is 61.5 Å². The summed E-state index contributed by atoms with van der Waals surface area (Å²) in [5.74, 6) is -2.10. The zero-order valence-corrected chi connectivity index (χ0v) is 38.5. The van der Waals surface area contributed by atoms with Gasteiger partial charge >= 0.3 is 5.97 Å². The van der Waals surface area contributed by atoms with Crippen LogP contribution in [0.25, 0.3) is 0 Å². The summed E-state index contributed by atoms with van der Waals surface area (Å²) in [6.07, 6.45) is 6.53. The maximum atomic E-state index is 14.4. The zero-order valence-electron chi connectivity index (χ0n) is 38.5. The van der Waals surface area contributed by atoms with Gasteiger partial charge in [0.15, 0.2) is 18.4 Å². The molecule has 0 aromatic carbocycles. The van der Waals surface area contributed by atoms with Crippen molar-refractivity contribution in [2.75, 3.05) is 20.8 Å². The third kappa shape index (κ3) is 9.73. The Morgan fingerprint density at radius 2 is 1.63 bits per heavy atom. The summed E-state index contributed by atoms with van der Waals surface area (Å²) < 4.78 is 63.9. The Hall–Kier alpha value is -2.05. The molecule has 2 bridgehead atoms. The topological polar surface area (TPSA) is 170 Å². The number of fused-ring (bicyclic) bond motifs is 2. The molecule has 350 valence electrons. The second-order valence-corrected chi connectivity index (χ2v) is 19.4. The van der Waals surface area contributed by atoms with Crippen LogP contribution in [0, 0.1) is 23.7 Å². The highest BCUT2D eigenvalue weighted by molar-refractivity contribution is 5.78. The van der Waals surface area contributed by atoms with Crippen LogP contribution in [0.2, 0.25) is 0 Å². The van der Waals surface area contributed by atoms with Crippen molar-refractivity contribution in [3.63, 3.8) is 0 Å². The molecule has 0 unspecified atom stereocenters. The molecular weight excluding hydrogens is 801 g/mol. The van der Waals surface area contributed by atoms with Gasteiger partial charge in [0.05, 0.1) is 49.3 Å². The van der Waals surface area contributed by atoms with Gasteiger partial charge in [0.2, 0.25) is 0 Å². The van der Waals surface area contributed by atoms with Crippen molar-refractivity contribution < 1.29 is 67.5 Å². The second kappa shape index (κ2) is 19.8. The molecule has 14 nitrogen and oxygen atoms in total. The predicted octanol–water partition coefficient (Wildman–Crippen LogP) is 5.60. The molecule has 6 heterocycles. The van der Waals surface area contributed by atoms with Gasteiger partial charge in [-0.05, 0) is 69.1 Å². The molecule has 1 spiro atoms. The number of hydrogen-bond donors (Lipinski definition) is 3. The number of carbonyl (C=O) groups excluding carboxylic acids is 1. The molecule has 7 rings (SSSR count). The molecule has 5 saturated heterocycles. The van der Waals surface area contributed by atoms with Crippen LogP contribution in [-0.4, -0.2) is 139 Å². The number of esters is 1. The van der Waals surface area contributed by atoms with Gasteiger partial charge in [-0.3, -0.25) is 4.79 Å². The molecule has 0 amide bonds. The minimum Gasteiger partial charge on any atom is -0.462 e. The SMILES string of the molecule is CC[C@H](C)[C@@H]1O[C@]2(CC[C@@H]1C)C[C@@H]1C[C@@H](C/C=C(/C)[C@@H](O[C@H]3C[C@H](OC)[C@@H](O[C@H]4C[C@H](OC)[C@@H](O)[C@H](C)O4)[C@H](C)O3)[C@@H](C)/C=C\C=C3\CO[C@@H]4[C@H](O)C(C)=C[C@@H](C(=O)O1)[C@]34O)O2. The van der Waals surface area contributed by atoms with Crippen molar-refractivity contribution in [3.05, 3.63) is 47.1 Å². The van der Waals surface area contributed by atoms with E-state index in [-0.39, 0.29) is 30.8 Å². The van der Waals surface area contributed by atoms with E-state index in [9.17, 15) is 20.1 Å². The van der Waals surface area contributed by atoms with Crippen LogP contribution in [0.3, 0.4) is 0 Å². The third-order valence-corrected chi connectivity index (χ3v) is 14.9. The third-order valence-electron chi connectivity index (χ3n) is 14.9. The summed E-state index contributed by atoms with van der Waals surface area (Å²) >= 11 is 0. The smallest absolute Gasteiger partial charge is 0.316 e. The summed E-state index contributed by atoms with van der Waals surface area (Å²) in [7, 11) is 3.23. The Kier molecular flexibility index (Phi) is 15.3. The van der Waals surface area contributed by atoms with Gasteiger partial charge in [0.1, 0.15) is 42.0 Å². The number of aliphatic hydroxyl groups is 3. The highest BCUT2D eigenvalue weighted by atomic mass is 16.7. The maximum absolute atomic E-state index is 14.4. The number of carbonyl (C=O) groups is 1. The van der Waals surface area contributed by atoms with Crippen LogP contribution in [0.4, 0.5) is 0 Å². The molecule has 20 atom stereocenters. The highest BCUT2D eigenvalue weighted by Gasteiger charge is 2.60. The molecule has 0 aromatic heterocycles. The first-order valence-electron chi connectivity index (χ1n) is 23.2. The minimum absolute atomic E-state index is 0.00708. The normalized spacial score (nSPS) is 49.4. The monoisotopic (exact) mass is 875 g/mol. The van der Waals surface area contributed by atoms with E-state index < -0.39 is 90.8 Å². The minimum atomic E-state index is -1.82. The lowest BCUT2D eigenvalue weighted by molar-refractivity contribution is -0.340. The Bertz CT molecular complexity index is 1680. The lowest BCUT2D eigenvalue weighted by Gasteiger charge is -2.51. The number of aliphatic hydroxyl groups excluding tert-OH is 2. The van der Waals surface area contributed by atoms with Gasteiger partial charge in [-0.2, -0.15) is 0 Å². The fraction of sp³-hybridized carbons (Fsp3) is 0.812. The zero-order chi connectivity index (χ0) is 44.7. The summed E-state index contributed by atoms with van der Waals surface area (Å²) in [6, 6.07) is 0. The van der Waals surface area contributed by atoms with Crippen molar-refractivity contribution >= 4 is 5.97 Å². The van der Waals surface area contributed by atoms with Gasteiger partial charge in [0.25, 0.3) is 0 Å². The summed E-state index contributed by atoms with van der Waals surface area (Å²) in [4.78, 5) is 14.4. The molecule has 7 aliphatic rings. The van der Waals surface area contributed by atoms with E-state index in [2.05, 4.69) is 40.7 Å². The van der Waals surface area contributed by atoms with E-state index in [1.54, 1.807) is 40.2 Å². The molecule has 5 fully saturated rings. The van der Waals surface area contributed by atoms with Crippen LogP contribution in [0.15, 0.2) is 47.1 Å².